The maximum Gasteiger partial charge on any atom is 0.274 e. The Morgan fingerprint density at radius 2 is 1.80 bits per heavy atom. The molecule has 1 aromatic rings. The molecule has 1 saturated heterocycles. The highest BCUT2D eigenvalue weighted by molar-refractivity contribution is 5.92. The Morgan fingerprint density at radius 3 is 2.50 bits per heavy atom. The number of hydrogen-bond donors (Lipinski definition) is 1. The number of likely N-dealkylation sites (tertiary alicyclic amines) is 1. The highest BCUT2D eigenvalue weighted by atomic mass is 16.2. The molecule has 2 fully saturated rings. The van der Waals surface area contributed by atoms with E-state index in [1.165, 1.54) is 6.42 Å². The number of carbonyl (C=O) groups excluding carboxylic acids is 2. The SMILES string of the molecule is CC(C)(C)CC(=O)N1C[C@@H]2C[C@H](C1)c1ccc(NC(=O)C3CCCCC3)c(=O)n1C2. The number of anilines is 1. The van der Waals surface area contributed by atoms with Crippen molar-refractivity contribution in [2.24, 2.45) is 17.3 Å². The molecular formula is C24H35N3O3. The van der Waals surface area contributed by atoms with Crippen molar-refractivity contribution in [1.29, 1.82) is 0 Å². The number of nitrogens with one attached hydrogen (secondary N) is 1. The molecule has 4 rings (SSSR count). The Morgan fingerprint density at radius 1 is 1.07 bits per heavy atom. The highest BCUT2D eigenvalue weighted by Gasteiger charge is 2.37. The number of fused-ring (bicyclic) bond motifs is 4. The average Bonchev–Trinajstić information content (AvgIpc) is 2.69. The van der Waals surface area contributed by atoms with Crippen LogP contribution in [0.5, 0.6) is 0 Å². The van der Waals surface area contributed by atoms with Crippen LogP contribution in [0, 0.1) is 17.3 Å². The Labute approximate surface area is 179 Å². The van der Waals surface area contributed by atoms with E-state index in [0.29, 0.717) is 31.1 Å². The monoisotopic (exact) mass is 413 g/mol. The van der Waals surface area contributed by atoms with Crippen LogP contribution in [-0.4, -0.2) is 34.4 Å². The molecular weight excluding hydrogens is 378 g/mol. The van der Waals surface area contributed by atoms with Gasteiger partial charge in [0.1, 0.15) is 5.69 Å². The first-order valence-electron chi connectivity index (χ1n) is 11.5. The summed E-state index contributed by atoms with van der Waals surface area (Å²) in [6.07, 6.45) is 6.78. The molecule has 0 unspecified atom stereocenters. The molecule has 0 spiro atoms. The topological polar surface area (TPSA) is 71.4 Å². The summed E-state index contributed by atoms with van der Waals surface area (Å²) in [6, 6.07) is 3.75. The third-order valence-electron chi connectivity index (χ3n) is 6.87. The van der Waals surface area contributed by atoms with E-state index in [1.54, 1.807) is 6.07 Å². The van der Waals surface area contributed by atoms with Crippen molar-refractivity contribution in [2.75, 3.05) is 18.4 Å². The molecule has 30 heavy (non-hydrogen) atoms. The molecule has 2 aliphatic heterocycles. The number of pyridine rings is 1. The van der Waals surface area contributed by atoms with Crippen LogP contribution < -0.4 is 10.9 Å². The summed E-state index contributed by atoms with van der Waals surface area (Å²) in [5, 5.41) is 2.91. The summed E-state index contributed by atoms with van der Waals surface area (Å²) in [5.74, 6) is 0.715. The van der Waals surface area contributed by atoms with Gasteiger partial charge in [-0.15, -0.1) is 0 Å². The van der Waals surface area contributed by atoms with Crippen molar-refractivity contribution in [2.45, 2.75) is 78.2 Å². The second-order valence-corrected chi connectivity index (χ2v) is 10.7. The molecule has 3 aliphatic rings. The van der Waals surface area contributed by atoms with Crippen LogP contribution in [0.4, 0.5) is 5.69 Å². The van der Waals surface area contributed by atoms with E-state index in [-0.39, 0.29) is 34.6 Å². The fourth-order valence-corrected chi connectivity index (χ4v) is 5.41. The van der Waals surface area contributed by atoms with E-state index in [0.717, 1.165) is 44.3 Å². The molecule has 164 valence electrons. The van der Waals surface area contributed by atoms with Crippen LogP contribution in [0.2, 0.25) is 0 Å². The van der Waals surface area contributed by atoms with Crippen molar-refractivity contribution in [1.82, 2.24) is 9.47 Å². The molecule has 0 radical (unpaired) electrons. The molecule has 3 heterocycles. The fraction of sp³-hybridized carbons (Fsp3) is 0.708. The average molecular weight is 414 g/mol. The van der Waals surface area contributed by atoms with Crippen LogP contribution in [-0.2, 0) is 16.1 Å². The number of hydrogen-bond acceptors (Lipinski definition) is 3. The van der Waals surface area contributed by atoms with E-state index in [2.05, 4.69) is 26.1 Å². The molecule has 1 aliphatic carbocycles. The maximum atomic E-state index is 13.1. The van der Waals surface area contributed by atoms with Gasteiger partial charge in [0.15, 0.2) is 0 Å². The molecule has 1 N–H and O–H groups in total. The van der Waals surface area contributed by atoms with Gasteiger partial charge in [-0.1, -0.05) is 40.0 Å². The third kappa shape index (κ3) is 4.47. The summed E-state index contributed by atoms with van der Waals surface area (Å²) < 4.78 is 1.85. The molecule has 6 heteroatoms. The van der Waals surface area contributed by atoms with Crippen molar-refractivity contribution < 1.29 is 9.59 Å². The van der Waals surface area contributed by atoms with Crippen LogP contribution in [0.25, 0.3) is 0 Å². The molecule has 2 atom stereocenters. The van der Waals surface area contributed by atoms with E-state index in [1.807, 2.05) is 15.5 Å². The summed E-state index contributed by atoms with van der Waals surface area (Å²) in [7, 11) is 0. The smallest absolute Gasteiger partial charge is 0.274 e. The minimum Gasteiger partial charge on any atom is -0.342 e. The van der Waals surface area contributed by atoms with Gasteiger partial charge in [0, 0.05) is 43.6 Å². The largest absolute Gasteiger partial charge is 0.342 e. The van der Waals surface area contributed by atoms with Crippen LogP contribution in [0.1, 0.15) is 77.3 Å². The van der Waals surface area contributed by atoms with Crippen LogP contribution in [0.15, 0.2) is 16.9 Å². The summed E-state index contributed by atoms with van der Waals surface area (Å²) in [6.45, 7) is 8.29. The second kappa shape index (κ2) is 8.20. The van der Waals surface area contributed by atoms with Gasteiger partial charge >= 0.3 is 0 Å². The maximum absolute atomic E-state index is 13.1. The Balaban J connectivity index is 1.50. The lowest BCUT2D eigenvalue weighted by Gasteiger charge is -2.43. The number of nitrogens with zero attached hydrogens (tertiary/aromatic N) is 2. The summed E-state index contributed by atoms with van der Waals surface area (Å²) in [4.78, 5) is 40.5. The lowest BCUT2D eigenvalue weighted by Crippen LogP contribution is -2.49. The first-order chi connectivity index (χ1) is 14.2. The quantitative estimate of drug-likeness (QED) is 0.820. The molecule has 1 saturated carbocycles. The minimum absolute atomic E-state index is 0.0118. The third-order valence-corrected chi connectivity index (χ3v) is 6.87. The van der Waals surface area contributed by atoms with Gasteiger partial charge in [-0.2, -0.15) is 0 Å². The number of aromatic nitrogens is 1. The van der Waals surface area contributed by atoms with E-state index in [4.69, 9.17) is 0 Å². The van der Waals surface area contributed by atoms with E-state index < -0.39 is 0 Å². The van der Waals surface area contributed by atoms with E-state index in [9.17, 15) is 14.4 Å². The lowest BCUT2D eigenvalue weighted by molar-refractivity contribution is -0.135. The van der Waals surface area contributed by atoms with Crippen LogP contribution >= 0.6 is 0 Å². The number of piperidine rings is 1. The van der Waals surface area contributed by atoms with Crippen molar-refractivity contribution in [3.63, 3.8) is 0 Å². The van der Waals surface area contributed by atoms with Gasteiger partial charge in [-0.3, -0.25) is 14.4 Å². The Hall–Kier alpha value is -2.11. The summed E-state index contributed by atoms with van der Waals surface area (Å²) >= 11 is 0. The number of rotatable bonds is 3. The normalized spacial score (nSPS) is 24.3. The van der Waals surface area contributed by atoms with Gasteiger partial charge < -0.3 is 14.8 Å². The number of amides is 2. The zero-order valence-corrected chi connectivity index (χ0v) is 18.6. The van der Waals surface area contributed by atoms with Crippen LogP contribution in [0.3, 0.4) is 0 Å². The standard InChI is InChI=1S/C24H35N3O3/c1-24(2,3)12-21(28)26-13-16-11-18(15-26)20-10-9-19(23(30)27(20)14-16)25-22(29)17-7-5-4-6-8-17/h9-10,16-18H,4-8,11-15H2,1-3H3,(H,25,29)/t16-,18+/m0/s1. The first kappa shape index (κ1) is 21.1. The van der Waals surface area contributed by atoms with Gasteiger partial charge in [-0.05, 0) is 42.7 Å². The lowest BCUT2D eigenvalue weighted by atomic mass is 9.82. The van der Waals surface area contributed by atoms with Crippen molar-refractivity contribution in [3.05, 3.63) is 28.2 Å². The first-order valence-corrected chi connectivity index (χ1v) is 11.5. The fourth-order valence-electron chi connectivity index (χ4n) is 5.41. The second-order valence-electron chi connectivity index (χ2n) is 10.7. The van der Waals surface area contributed by atoms with Gasteiger partial charge in [-0.25, -0.2) is 0 Å². The van der Waals surface area contributed by atoms with E-state index >= 15 is 0 Å². The highest BCUT2D eigenvalue weighted by Crippen LogP contribution is 2.36. The Kier molecular flexibility index (Phi) is 5.78. The Bertz CT molecular complexity index is 877. The zero-order chi connectivity index (χ0) is 21.5. The van der Waals surface area contributed by atoms with Gasteiger partial charge in [0.2, 0.25) is 11.8 Å². The predicted octanol–water partition coefficient (Wildman–Crippen LogP) is 3.75. The van der Waals surface area contributed by atoms with Crippen molar-refractivity contribution >= 4 is 17.5 Å². The molecule has 2 amide bonds. The minimum atomic E-state index is -0.0965. The predicted molar refractivity (Wildman–Crippen MR) is 117 cm³/mol. The van der Waals surface area contributed by atoms with Gasteiger partial charge in [0.05, 0.1) is 0 Å². The molecule has 0 aromatic carbocycles. The molecule has 1 aromatic heterocycles. The van der Waals surface area contributed by atoms with Gasteiger partial charge in [0.25, 0.3) is 5.56 Å². The molecule has 6 nitrogen and oxygen atoms in total. The molecule has 2 bridgehead atoms. The summed E-state index contributed by atoms with van der Waals surface area (Å²) in [5.41, 5.74) is 1.28. The number of carbonyl (C=O) groups is 2. The van der Waals surface area contributed by atoms with Crippen molar-refractivity contribution in [3.8, 4) is 0 Å². The zero-order valence-electron chi connectivity index (χ0n) is 18.6.